The van der Waals surface area contributed by atoms with Crippen molar-refractivity contribution in [2.45, 2.75) is 81.9 Å². The van der Waals surface area contributed by atoms with Gasteiger partial charge in [-0.25, -0.2) is 13.1 Å². The van der Waals surface area contributed by atoms with E-state index in [4.69, 9.17) is 4.74 Å². The number of sulfonamides is 1. The molecular formula is C28H34N2O5S2. The molecule has 0 unspecified atom stereocenters. The zero-order valence-corrected chi connectivity index (χ0v) is 23.0. The van der Waals surface area contributed by atoms with E-state index in [1.165, 1.54) is 4.88 Å². The Labute approximate surface area is 222 Å². The number of nitrogens with one attached hydrogen (secondary N) is 2. The monoisotopic (exact) mass is 542 g/mol. The maximum Gasteiger partial charge on any atom is 0.270 e. The summed E-state index contributed by atoms with van der Waals surface area (Å²) in [5, 5.41) is 2.45. The Morgan fingerprint density at radius 3 is 2.49 bits per heavy atom. The van der Waals surface area contributed by atoms with Crippen molar-refractivity contribution in [3.8, 4) is 5.75 Å². The lowest BCUT2D eigenvalue weighted by atomic mass is 9.80. The molecule has 7 nitrogen and oxygen atoms in total. The summed E-state index contributed by atoms with van der Waals surface area (Å²) < 4.78 is 33.0. The fourth-order valence-electron chi connectivity index (χ4n) is 4.77. The van der Waals surface area contributed by atoms with Crippen molar-refractivity contribution in [2.24, 2.45) is 0 Å². The average molecular weight is 543 g/mol. The molecular weight excluding hydrogens is 508 g/mol. The van der Waals surface area contributed by atoms with Gasteiger partial charge in [-0.15, -0.1) is 11.3 Å². The lowest BCUT2D eigenvalue weighted by molar-refractivity contribution is -0.124. The molecule has 2 aromatic rings. The third-order valence-corrected chi connectivity index (χ3v) is 10.4. The van der Waals surface area contributed by atoms with Gasteiger partial charge in [0.25, 0.3) is 11.8 Å². The number of carbonyl (C=O) groups is 2. The van der Waals surface area contributed by atoms with Crippen LogP contribution in [0, 0.1) is 0 Å². The van der Waals surface area contributed by atoms with Crippen LogP contribution in [-0.4, -0.2) is 32.1 Å². The van der Waals surface area contributed by atoms with Gasteiger partial charge in [0.1, 0.15) is 11.3 Å². The summed E-state index contributed by atoms with van der Waals surface area (Å²) in [6, 6.07) is 11.7. The summed E-state index contributed by atoms with van der Waals surface area (Å²) in [5.74, 6) is -0.0910. The Hall–Kier alpha value is -2.65. The molecule has 2 heterocycles. The number of thiophene rings is 1. The van der Waals surface area contributed by atoms with Gasteiger partial charge in [-0.05, 0) is 80.3 Å². The number of benzene rings is 1. The number of carbonyl (C=O) groups excluding carboxylic acids is 2. The van der Waals surface area contributed by atoms with Crippen LogP contribution >= 0.6 is 11.3 Å². The predicted molar refractivity (Wildman–Crippen MR) is 145 cm³/mol. The van der Waals surface area contributed by atoms with Gasteiger partial charge in [-0.2, -0.15) is 0 Å². The normalized spacial score (nSPS) is 22.1. The van der Waals surface area contributed by atoms with Crippen molar-refractivity contribution in [1.82, 2.24) is 10.0 Å². The van der Waals surface area contributed by atoms with Crippen LogP contribution < -0.4 is 14.8 Å². The van der Waals surface area contributed by atoms with Gasteiger partial charge in [-0.1, -0.05) is 31.9 Å². The highest BCUT2D eigenvalue weighted by Gasteiger charge is 2.43. The summed E-state index contributed by atoms with van der Waals surface area (Å²) in [6.45, 7) is 4.76. The molecule has 9 heteroatoms. The highest BCUT2D eigenvalue weighted by atomic mass is 32.2. The van der Waals surface area contributed by atoms with Gasteiger partial charge >= 0.3 is 0 Å². The van der Waals surface area contributed by atoms with E-state index >= 15 is 0 Å². The highest BCUT2D eigenvalue weighted by Crippen LogP contribution is 2.47. The summed E-state index contributed by atoms with van der Waals surface area (Å²) in [4.78, 5) is 28.8. The second-order valence-electron chi connectivity index (χ2n) is 10.5. The minimum atomic E-state index is -3.78. The van der Waals surface area contributed by atoms with Gasteiger partial charge in [0, 0.05) is 16.2 Å². The first-order valence-electron chi connectivity index (χ1n) is 13.2. The molecule has 3 aliphatic rings. The minimum Gasteiger partial charge on any atom is -0.494 e. The molecule has 0 bridgehead atoms. The highest BCUT2D eigenvalue weighted by molar-refractivity contribution is 7.91. The molecule has 1 aliphatic heterocycles. The van der Waals surface area contributed by atoms with Crippen molar-refractivity contribution < 1.29 is 22.7 Å². The largest absolute Gasteiger partial charge is 0.494 e. The Morgan fingerprint density at radius 1 is 1.11 bits per heavy atom. The first kappa shape index (κ1) is 26.0. The average Bonchev–Trinajstić information content (AvgIpc) is 3.79. The van der Waals surface area contributed by atoms with Gasteiger partial charge in [0.15, 0.2) is 0 Å². The summed E-state index contributed by atoms with van der Waals surface area (Å²) in [5.41, 5.74) is 0.604. The number of ether oxygens (including phenoxy) is 1. The number of amides is 2. The third-order valence-electron chi connectivity index (χ3n) is 7.29. The molecule has 0 radical (unpaired) electrons. The molecule has 2 aliphatic carbocycles. The Balaban J connectivity index is 1.44. The van der Waals surface area contributed by atoms with E-state index < -0.39 is 32.6 Å². The number of unbranched alkanes of at least 4 members (excludes halogenated alkanes) is 2. The van der Waals surface area contributed by atoms with E-state index in [0.717, 1.165) is 48.3 Å². The molecule has 37 heavy (non-hydrogen) atoms. The van der Waals surface area contributed by atoms with Gasteiger partial charge < -0.3 is 10.1 Å². The first-order chi connectivity index (χ1) is 17.7. The van der Waals surface area contributed by atoms with Crippen molar-refractivity contribution in [2.75, 3.05) is 6.61 Å². The third kappa shape index (κ3) is 5.77. The SMILES string of the molecule is CCCCCOc1ccc([C@]2(C)CC(c3ccc(C4CC4)s3)=C(C(=O)NS(=O)(=O)C3CC3)C(=O)N2)cc1. The van der Waals surface area contributed by atoms with Crippen molar-refractivity contribution in [3.63, 3.8) is 0 Å². The van der Waals surface area contributed by atoms with Crippen LogP contribution in [0.4, 0.5) is 0 Å². The number of rotatable bonds is 11. The molecule has 2 fully saturated rings. The maximum atomic E-state index is 13.5. The van der Waals surface area contributed by atoms with Crippen LogP contribution in [0.15, 0.2) is 42.0 Å². The predicted octanol–water partition coefficient (Wildman–Crippen LogP) is 4.99. The summed E-state index contributed by atoms with van der Waals surface area (Å²) >= 11 is 1.59. The van der Waals surface area contributed by atoms with Gasteiger partial charge in [0.2, 0.25) is 10.0 Å². The fourth-order valence-corrected chi connectivity index (χ4v) is 7.28. The maximum absolute atomic E-state index is 13.5. The van der Waals surface area contributed by atoms with Gasteiger partial charge in [0.05, 0.1) is 17.4 Å². The summed E-state index contributed by atoms with van der Waals surface area (Å²) in [7, 11) is -3.78. The molecule has 0 spiro atoms. The van der Waals surface area contributed by atoms with Crippen molar-refractivity contribution in [3.05, 3.63) is 57.3 Å². The quantitative estimate of drug-likeness (QED) is 0.308. The Bertz CT molecular complexity index is 1320. The van der Waals surface area contributed by atoms with Crippen LogP contribution in [0.3, 0.4) is 0 Å². The number of hydrogen-bond acceptors (Lipinski definition) is 6. The first-order valence-corrected chi connectivity index (χ1v) is 15.5. The topological polar surface area (TPSA) is 102 Å². The van der Waals surface area contributed by atoms with Crippen LogP contribution in [0.1, 0.15) is 86.4 Å². The fraction of sp³-hybridized carbons (Fsp3) is 0.500. The standard InChI is InChI=1S/C28H34N2O5S2/c1-3-4-5-16-35-20-10-8-19(9-11-20)28(2)17-22(24-15-14-23(36-24)18-6-7-18)25(26(31)29-28)27(32)30-37(33,34)21-12-13-21/h8-11,14-15,18,21H,3-7,12-13,16-17H2,1-2H3,(H,29,31)(H,30,32)/t28-/m0/s1. The van der Waals surface area contributed by atoms with Gasteiger partial charge in [-0.3, -0.25) is 9.59 Å². The van der Waals surface area contributed by atoms with Crippen LogP contribution in [0.5, 0.6) is 5.75 Å². The van der Waals surface area contributed by atoms with Crippen LogP contribution in [-0.2, 0) is 25.2 Å². The van der Waals surface area contributed by atoms with Crippen molar-refractivity contribution in [1.29, 1.82) is 0 Å². The molecule has 0 saturated heterocycles. The van der Waals surface area contributed by atoms with E-state index in [-0.39, 0.29) is 5.57 Å². The van der Waals surface area contributed by atoms with E-state index in [1.54, 1.807) is 11.3 Å². The lowest BCUT2D eigenvalue weighted by Crippen LogP contribution is -2.50. The van der Waals surface area contributed by atoms with Crippen LogP contribution in [0.2, 0.25) is 0 Å². The zero-order valence-electron chi connectivity index (χ0n) is 21.3. The Morgan fingerprint density at radius 2 is 1.84 bits per heavy atom. The molecule has 1 atom stereocenters. The molecule has 5 rings (SSSR count). The zero-order chi connectivity index (χ0) is 26.2. The molecule has 2 saturated carbocycles. The van der Waals surface area contributed by atoms with Crippen LogP contribution in [0.25, 0.3) is 5.57 Å². The Kier molecular flexibility index (Phi) is 7.20. The molecule has 1 aromatic heterocycles. The molecule has 2 amide bonds. The summed E-state index contributed by atoms with van der Waals surface area (Å²) in [6.07, 6.45) is 7.00. The smallest absolute Gasteiger partial charge is 0.270 e. The number of hydrogen-bond donors (Lipinski definition) is 2. The van der Waals surface area contributed by atoms with E-state index in [9.17, 15) is 18.0 Å². The van der Waals surface area contributed by atoms with E-state index in [1.807, 2.05) is 37.3 Å². The molecule has 198 valence electrons. The minimum absolute atomic E-state index is 0.109. The second kappa shape index (κ2) is 10.3. The molecule has 2 N–H and O–H groups in total. The molecule has 1 aromatic carbocycles. The van der Waals surface area contributed by atoms with Crippen molar-refractivity contribution >= 4 is 38.7 Å². The second-order valence-corrected chi connectivity index (χ2v) is 13.6. The lowest BCUT2D eigenvalue weighted by Gasteiger charge is -2.37. The van der Waals surface area contributed by atoms with E-state index in [0.29, 0.717) is 37.4 Å². The van der Waals surface area contributed by atoms with E-state index in [2.05, 4.69) is 23.0 Å².